The van der Waals surface area contributed by atoms with E-state index in [4.69, 9.17) is 9.47 Å². The van der Waals surface area contributed by atoms with Gasteiger partial charge in [-0.2, -0.15) is 0 Å². The van der Waals surface area contributed by atoms with Crippen LogP contribution < -0.4 is 9.46 Å². The number of hydrogen-bond donors (Lipinski definition) is 1. The lowest BCUT2D eigenvalue weighted by molar-refractivity contribution is -0.143. The number of benzene rings is 2. The third kappa shape index (κ3) is 4.97. The van der Waals surface area contributed by atoms with Crippen molar-refractivity contribution in [3.8, 4) is 17.0 Å². The van der Waals surface area contributed by atoms with Gasteiger partial charge in [-0.05, 0) is 79.5 Å². The van der Waals surface area contributed by atoms with Crippen LogP contribution in [0.5, 0.6) is 5.75 Å². The Balaban J connectivity index is 1.20. The molecule has 5 heterocycles. The van der Waals surface area contributed by atoms with E-state index in [2.05, 4.69) is 26.3 Å². The maximum absolute atomic E-state index is 14.9. The molecule has 2 unspecified atom stereocenters. The number of likely N-dealkylation sites (N-methyl/N-ethyl adjacent to an activating group) is 1. The monoisotopic (exact) mass is 698 g/mol. The molecule has 0 spiro atoms. The molecule has 50 heavy (non-hydrogen) atoms. The molecule has 2 aromatic carbocycles. The van der Waals surface area contributed by atoms with Crippen molar-refractivity contribution in [1.82, 2.24) is 19.1 Å². The van der Waals surface area contributed by atoms with Crippen molar-refractivity contribution >= 4 is 32.7 Å². The van der Waals surface area contributed by atoms with E-state index < -0.39 is 26.6 Å². The standard InChI is InChI=1S/C39H46N4O6S/c1-41-20-26-22-49-34(41)21-42(26)38(45)39-19-32(39)31-18-27(48-2)14-16-29(31)36-35(24-9-5-3-6-10-24)30-15-13-25(17-33(30)43(36)23-39)37(44)40-50(46,47)28-11-7-4-8-12-28/h13-18,21,24,26,28,32H,3-12,19-20,22-23H2,1-2H3,(H,40,44)/t26-,32?,39?/m1/s1. The van der Waals surface area contributed by atoms with Crippen LogP contribution in [0.3, 0.4) is 0 Å². The number of aromatic nitrogens is 1. The second kappa shape index (κ2) is 11.8. The molecule has 7 aliphatic rings. The first-order valence-electron chi connectivity index (χ1n) is 18.5. The second-order valence-electron chi connectivity index (χ2n) is 15.5. The summed E-state index contributed by atoms with van der Waals surface area (Å²) in [5.41, 5.74) is 5.17. The van der Waals surface area contributed by atoms with Crippen LogP contribution in [0.2, 0.25) is 0 Å². The Morgan fingerprint density at radius 2 is 1.74 bits per heavy atom. The Labute approximate surface area is 293 Å². The highest BCUT2D eigenvalue weighted by Crippen LogP contribution is 2.66. The molecule has 4 fully saturated rings. The van der Waals surface area contributed by atoms with E-state index in [1.165, 1.54) is 24.8 Å². The van der Waals surface area contributed by atoms with E-state index >= 15 is 0 Å². The van der Waals surface area contributed by atoms with Crippen molar-refractivity contribution < 1.29 is 27.5 Å². The molecule has 10 nitrogen and oxygen atoms in total. The van der Waals surface area contributed by atoms with Crippen LogP contribution in [-0.4, -0.2) is 73.2 Å². The van der Waals surface area contributed by atoms with Gasteiger partial charge in [-0.3, -0.25) is 9.59 Å². The fraction of sp³-hybridized carbons (Fsp3) is 0.538. The maximum Gasteiger partial charge on any atom is 0.264 e. The molecule has 10 rings (SSSR count). The first kappa shape index (κ1) is 32.0. The van der Waals surface area contributed by atoms with Gasteiger partial charge >= 0.3 is 0 Å². The predicted octanol–water partition coefficient (Wildman–Crippen LogP) is 6.22. The van der Waals surface area contributed by atoms with Gasteiger partial charge in [0.15, 0.2) is 0 Å². The molecule has 0 radical (unpaired) electrons. The molecule has 2 amide bonds. The van der Waals surface area contributed by atoms with Gasteiger partial charge in [0.25, 0.3) is 5.91 Å². The van der Waals surface area contributed by atoms with Crippen LogP contribution in [0.1, 0.15) is 104 Å². The molecular weight excluding hydrogens is 653 g/mol. The molecule has 1 N–H and O–H groups in total. The number of carbonyl (C=O) groups excluding carboxylic acids is 2. The Morgan fingerprint density at radius 1 is 0.980 bits per heavy atom. The first-order chi connectivity index (χ1) is 24.2. The largest absolute Gasteiger partial charge is 0.497 e. The minimum Gasteiger partial charge on any atom is -0.497 e. The first-order valence-corrected chi connectivity index (χ1v) is 20.0. The predicted molar refractivity (Wildman–Crippen MR) is 190 cm³/mol. The minimum atomic E-state index is -3.80. The van der Waals surface area contributed by atoms with Crippen molar-refractivity contribution in [3.05, 3.63) is 65.2 Å². The van der Waals surface area contributed by atoms with Crippen molar-refractivity contribution in [2.24, 2.45) is 5.41 Å². The average Bonchev–Trinajstić information content (AvgIpc) is 3.81. The fourth-order valence-corrected chi connectivity index (χ4v) is 11.3. The number of nitrogens with zero attached hydrogens (tertiary/aromatic N) is 3. The number of fused-ring (bicyclic) bond motifs is 10. The topological polar surface area (TPSA) is 110 Å². The van der Waals surface area contributed by atoms with Crippen molar-refractivity contribution in [3.63, 3.8) is 0 Å². The summed E-state index contributed by atoms with van der Waals surface area (Å²) in [4.78, 5) is 32.6. The summed E-state index contributed by atoms with van der Waals surface area (Å²) >= 11 is 0. The number of ether oxygens (including phenoxy) is 2. The third-order valence-electron chi connectivity index (χ3n) is 12.6. The smallest absolute Gasteiger partial charge is 0.264 e. The summed E-state index contributed by atoms with van der Waals surface area (Å²) in [6, 6.07) is 11.9. The Kier molecular flexibility index (Phi) is 7.53. The van der Waals surface area contributed by atoms with Gasteiger partial charge in [0.2, 0.25) is 21.8 Å². The fourth-order valence-electron chi connectivity index (χ4n) is 9.83. The normalized spacial score (nSPS) is 26.3. The van der Waals surface area contributed by atoms with Gasteiger partial charge in [-0.15, -0.1) is 0 Å². The lowest BCUT2D eigenvalue weighted by Crippen LogP contribution is -2.56. The lowest BCUT2D eigenvalue weighted by Gasteiger charge is -2.44. The van der Waals surface area contributed by atoms with Gasteiger partial charge < -0.3 is 23.8 Å². The van der Waals surface area contributed by atoms with Crippen LogP contribution in [-0.2, 0) is 26.1 Å². The molecule has 1 aromatic heterocycles. The van der Waals surface area contributed by atoms with E-state index in [9.17, 15) is 18.0 Å². The number of sulfonamides is 1. The van der Waals surface area contributed by atoms with Crippen LogP contribution in [0.15, 0.2) is 48.5 Å². The van der Waals surface area contributed by atoms with Crippen molar-refractivity contribution in [2.75, 3.05) is 27.3 Å². The molecule has 3 aliphatic carbocycles. The van der Waals surface area contributed by atoms with E-state index in [1.807, 2.05) is 36.3 Å². The Morgan fingerprint density at radius 3 is 2.44 bits per heavy atom. The van der Waals surface area contributed by atoms with E-state index in [-0.39, 0.29) is 17.9 Å². The summed E-state index contributed by atoms with van der Waals surface area (Å²) in [6.45, 7) is 1.69. The number of hydrogen-bond acceptors (Lipinski definition) is 7. The van der Waals surface area contributed by atoms with Crippen LogP contribution in [0.4, 0.5) is 0 Å². The molecule has 11 heteroatoms. The zero-order valence-electron chi connectivity index (χ0n) is 28.9. The highest BCUT2D eigenvalue weighted by Gasteiger charge is 2.64. The molecule has 1 saturated heterocycles. The summed E-state index contributed by atoms with van der Waals surface area (Å²) < 4.78 is 43.0. The number of rotatable bonds is 6. The summed E-state index contributed by atoms with van der Waals surface area (Å²) in [6.07, 6.45) is 12.2. The summed E-state index contributed by atoms with van der Waals surface area (Å²) in [5, 5.41) is 0.541. The minimum absolute atomic E-state index is 0.0128. The van der Waals surface area contributed by atoms with Crippen LogP contribution >= 0.6 is 0 Å². The van der Waals surface area contributed by atoms with Gasteiger partial charge in [-0.25, -0.2) is 13.1 Å². The van der Waals surface area contributed by atoms with E-state index in [1.54, 1.807) is 13.2 Å². The third-order valence-corrected chi connectivity index (χ3v) is 14.4. The Hall–Kier alpha value is -3.99. The molecule has 3 atom stereocenters. The number of nitrogens with one attached hydrogen (secondary N) is 1. The second-order valence-corrected chi connectivity index (χ2v) is 17.5. The Bertz CT molecular complexity index is 2040. The summed E-state index contributed by atoms with van der Waals surface area (Å²) in [7, 11) is -0.123. The molecule has 2 bridgehead atoms. The van der Waals surface area contributed by atoms with Gasteiger partial charge in [0.1, 0.15) is 12.4 Å². The lowest BCUT2D eigenvalue weighted by atomic mass is 9.81. The number of amides is 2. The molecule has 3 aromatic rings. The van der Waals surface area contributed by atoms with E-state index in [0.717, 1.165) is 78.0 Å². The number of carbonyl (C=O) groups is 2. The van der Waals surface area contributed by atoms with Crippen molar-refractivity contribution in [1.29, 1.82) is 0 Å². The quantitative estimate of drug-likeness (QED) is 0.326. The van der Waals surface area contributed by atoms with E-state index in [0.29, 0.717) is 43.9 Å². The van der Waals surface area contributed by atoms with Gasteiger partial charge in [0.05, 0.1) is 35.7 Å². The van der Waals surface area contributed by atoms with Crippen LogP contribution in [0, 0.1) is 5.41 Å². The van der Waals surface area contributed by atoms with Gasteiger partial charge in [0, 0.05) is 48.1 Å². The molecular formula is C39H46N4O6S. The van der Waals surface area contributed by atoms with Gasteiger partial charge in [-0.1, -0.05) is 44.6 Å². The maximum atomic E-state index is 14.9. The highest BCUT2D eigenvalue weighted by molar-refractivity contribution is 7.90. The van der Waals surface area contributed by atoms with Crippen molar-refractivity contribution in [2.45, 2.75) is 100 Å². The number of methoxy groups -OCH3 is 1. The average molecular weight is 699 g/mol. The SMILES string of the molecule is COc1ccc2c(c1)C1CC1(C(=O)N1C=C3OC[C@H]1CN3C)Cn1c-2c(C2CCCCC2)c2ccc(C(=O)NS(=O)(=O)C3CCCCC3)cc21. The molecule has 3 saturated carbocycles. The zero-order chi connectivity index (χ0) is 34.4. The molecule has 264 valence electrons. The zero-order valence-corrected chi connectivity index (χ0v) is 29.8. The molecule has 4 aliphatic heterocycles. The highest BCUT2D eigenvalue weighted by atomic mass is 32.2. The summed E-state index contributed by atoms with van der Waals surface area (Å²) in [5.74, 6) is 1.36. The van der Waals surface area contributed by atoms with Crippen LogP contribution in [0.25, 0.3) is 22.2 Å².